The monoisotopic (exact) mass is 561 g/mol. The molecule has 0 N–H and O–H groups in total. The molecule has 0 saturated heterocycles. The van der Waals surface area contributed by atoms with Gasteiger partial charge in [0.1, 0.15) is 16.8 Å². The maximum absolute atomic E-state index is 14.2. The molecule has 0 fully saturated rings. The van der Waals surface area contributed by atoms with E-state index >= 15 is 0 Å². The average Bonchev–Trinajstić information content (AvgIpc) is 3.40. The number of amides is 1. The molecule has 0 unspecified atom stereocenters. The summed E-state index contributed by atoms with van der Waals surface area (Å²) in [6.45, 7) is 5.14. The minimum absolute atomic E-state index is 0.154. The first kappa shape index (κ1) is 27.1. The maximum atomic E-state index is 14.2. The van der Waals surface area contributed by atoms with Gasteiger partial charge in [0.05, 0.1) is 48.9 Å². The number of esters is 2. The molecule has 2 aromatic carbocycles. The molecule has 40 heavy (non-hydrogen) atoms. The van der Waals surface area contributed by atoms with E-state index in [-0.39, 0.29) is 35.4 Å². The Balaban J connectivity index is 1.75. The summed E-state index contributed by atoms with van der Waals surface area (Å²) in [5.74, 6) is -0.999. The number of rotatable bonds is 7. The van der Waals surface area contributed by atoms with E-state index in [4.69, 9.17) is 14.2 Å². The number of fused-ring (bicyclic) bond motifs is 2. The smallest absolute Gasteiger partial charge is 0.338 e. The lowest BCUT2D eigenvalue weighted by molar-refractivity contribution is -0.142. The van der Waals surface area contributed by atoms with Gasteiger partial charge in [-0.15, -0.1) is 0 Å². The van der Waals surface area contributed by atoms with E-state index in [0.29, 0.717) is 33.1 Å². The van der Waals surface area contributed by atoms with Crippen LogP contribution in [0.15, 0.2) is 69.6 Å². The van der Waals surface area contributed by atoms with E-state index in [1.807, 2.05) is 0 Å². The van der Waals surface area contributed by atoms with Crippen LogP contribution in [-0.2, 0) is 23.9 Å². The third kappa shape index (κ3) is 4.51. The van der Waals surface area contributed by atoms with Crippen LogP contribution in [0.4, 0.5) is 5.69 Å². The highest BCUT2D eigenvalue weighted by Crippen LogP contribution is 2.35. The van der Waals surface area contributed by atoms with Crippen molar-refractivity contribution in [3.63, 3.8) is 0 Å². The molecule has 0 saturated carbocycles. The molecule has 1 amide bonds. The Kier molecular flexibility index (Phi) is 7.40. The molecule has 0 aliphatic carbocycles. The number of hydrogen-bond donors (Lipinski definition) is 0. The first-order chi connectivity index (χ1) is 19.3. The fraction of sp³-hybridized carbons (Fsp3) is 0.276. The van der Waals surface area contributed by atoms with Crippen LogP contribution in [0.1, 0.15) is 37.9 Å². The van der Waals surface area contributed by atoms with Crippen molar-refractivity contribution in [3.05, 3.63) is 90.6 Å². The summed E-state index contributed by atoms with van der Waals surface area (Å²) >= 11 is 1.07. The number of carbonyl (C=O) groups excluding carboxylic acids is 3. The number of hydrogen-bond acceptors (Lipinski definition) is 9. The van der Waals surface area contributed by atoms with Gasteiger partial charge in [-0.3, -0.25) is 23.9 Å². The van der Waals surface area contributed by atoms with Crippen LogP contribution in [0.3, 0.4) is 0 Å². The topological polar surface area (TPSA) is 116 Å². The summed E-state index contributed by atoms with van der Waals surface area (Å²) in [7, 11) is 1.55. The van der Waals surface area contributed by atoms with E-state index in [1.165, 1.54) is 9.47 Å². The quantitative estimate of drug-likeness (QED) is 0.406. The second-order valence-electron chi connectivity index (χ2n) is 8.98. The van der Waals surface area contributed by atoms with Crippen LogP contribution in [0.2, 0.25) is 0 Å². The van der Waals surface area contributed by atoms with Crippen molar-refractivity contribution in [1.29, 1.82) is 0 Å². The number of allylic oxidation sites excluding steroid dienone is 1. The van der Waals surface area contributed by atoms with Crippen molar-refractivity contribution in [2.75, 3.05) is 31.8 Å². The van der Waals surface area contributed by atoms with Crippen LogP contribution in [0.5, 0.6) is 5.75 Å². The van der Waals surface area contributed by atoms with Gasteiger partial charge in [0.2, 0.25) is 0 Å². The number of ether oxygens (including phenoxy) is 3. The fourth-order valence-corrected chi connectivity index (χ4v) is 6.07. The van der Waals surface area contributed by atoms with Crippen molar-refractivity contribution in [2.24, 2.45) is 4.99 Å². The molecular weight excluding hydrogens is 534 g/mol. The Labute approximate surface area is 233 Å². The summed E-state index contributed by atoms with van der Waals surface area (Å²) < 4.78 is 17.3. The molecule has 0 radical (unpaired) electrons. The van der Waals surface area contributed by atoms with Gasteiger partial charge in [-0.25, -0.2) is 9.79 Å². The Bertz CT molecular complexity index is 1730. The molecule has 2 aliphatic heterocycles. The predicted octanol–water partition coefficient (Wildman–Crippen LogP) is 2.09. The number of benzene rings is 2. The predicted molar refractivity (Wildman–Crippen MR) is 148 cm³/mol. The Morgan fingerprint density at radius 1 is 1.00 bits per heavy atom. The SMILES string of the molecule is CCOC(=O)CN1C(=O)/C(=c2/sc3n(c2=O)[C@@H](c2ccc(OC)cc2)C(C(=O)OCC)=C(C)N=3)c2ccccc21. The fourth-order valence-electron chi connectivity index (χ4n) is 4.94. The number of nitrogens with zero attached hydrogens (tertiary/aromatic N) is 3. The van der Waals surface area contributed by atoms with Gasteiger partial charge < -0.3 is 14.2 Å². The zero-order valence-electron chi connectivity index (χ0n) is 22.4. The van der Waals surface area contributed by atoms with Crippen molar-refractivity contribution in [2.45, 2.75) is 26.8 Å². The van der Waals surface area contributed by atoms with Gasteiger partial charge in [-0.05, 0) is 44.5 Å². The highest BCUT2D eigenvalue weighted by atomic mass is 32.1. The van der Waals surface area contributed by atoms with Crippen LogP contribution in [-0.4, -0.2) is 49.3 Å². The highest BCUT2D eigenvalue weighted by molar-refractivity contribution is 7.07. The molecule has 3 aromatic rings. The minimum atomic E-state index is -0.835. The zero-order chi connectivity index (χ0) is 28.6. The second-order valence-corrected chi connectivity index (χ2v) is 9.96. The molecular formula is C29H27N3O7S. The van der Waals surface area contributed by atoms with Gasteiger partial charge in [0.25, 0.3) is 11.5 Å². The van der Waals surface area contributed by atoms with Crippen molar-refractivity contribution in [3.8, 4) is 5.75 Å². The average molecular weight is 562 g/mol. The summed E-state index contributed by atoms with van der Waals surface area (Å²) in [4.78, 5) is 59.6. The molecule has 11 heteroatoms. The lowest BCUT2D eigenvalue weighted by atomic mass is 9.96. The van der Waals surface area contributed by atoms with E-state index in [9.17, 15) is 19.2 Å². The standard InChI is InChI=1S/C29H27N3O7S/c1-5-38-21(33)15-31-20-10-8-7-9-19(20)23(26(31)34)25-27(35)32-24(17-11-13-18(37-4)14-12-17)22(28(36)39-6-2)16(3)30-29(32)40-25/h7-14,24H,5-6,15H2,1-4H3/b25-23+/t24-/m0/s1. The number of methoxy groups -OCH3 is 1. The van der Waals surface area contributed by atoms with E-state index in [1.54, 1.807) is 76.4 Å². The van der Waals surface area contributed by atoms with Gasteiger partial charge >= 0.3 is 11.9 Å². The van der Waals surface area contributed by atoms with Crippen LogP contribution >= 0.6 is 11.3 Å². The maximum Gasteiger partial charge on any atom is 0.338 e. The van der Waals surface area contributed by atoms with Gasteiger partial charge in [0, 0.05) is 5.56 Å². The number of anilines is 1. The molecule has 0 spiro atoms. The van der Waals surface area contributed by atoms with Crippen LogP contribution in [0.25, 0.3) is 5.57 Å². The largest absolute Gasteiger partial charge is 0.497 e. The Morgan fingerprint density at radius 3 is 2.38 bits per heavy atom. The first-order valence-electron chi connectivity index (χ1n) is 12.7. The number of para-hydroxylation sites is 1. The van der Waals surface area contributed by atoms with E-state index in [2.05, 4.69) is 4.99 Å². The molecule has 3 heterocycles. The molecule has 5 rings (SSSR count). The van der Waals surface area contributed by atoms with Crippen LogP contribution < -0.4 is 24.5 Å². The van der Waals surface area contributed by atoms with Crippen molar-refractivity contribution >= 4 is 40.4 Å². The normalized spacial score (nSPS) is 17.2. The highest BCUT2D eigenvalue weighted by Gasteiger charge is 2.38. The molecule has 0 bridgehead atoms. The van der Waals surface area contributed by atoms with Gasteiger partial charge in [-0.1, -0.05) is 41.7 Å². The molecule has 2 aliphatic rings. The molecule has 1 atom stereocenters. The number of thiazole rings is 1. The van der Waals surface area contributed by atoms with Crippen molar-refractivity contribution in [1.82, 2.24) is 4.57 Å². The molecule has 206 valence electrons. The number of carbonyl (C=O) groups is 3. The van der Waals surface area contributed by atoms with E-state index < -0.39 is 29.4 Å². The van der Waals surface area contributed by atoms with Crippen LogP contribution in [0, 0.1) is 0 Å². The molecule has 1 aromatic heterocycles. The molecule has 10 nitrogen and oxygen atoms in total. The number of aromatic nitrogens is 1. The minimum Gasteiger partial charge on any atom is -0.497 e. The van der Waals surface area contributed by atoms with Crippen molar-refractivity contribution < 1.29 is 28.6 Å². The summed E-state index contributed by atoms with van der Waals surface area (Å²) in [5.41, 5.74) is 2.04. The summed E-state index contributed by atoms with van der Waals surface area (Å²) in [6, 6.07) is 13.2. The van der Waals surface area contributed by atoms with Gasteiger partial charge in [0.15, 0.2) is 4.80 Å². The summed E-state index contributed by atoms with van der Waals surface area (Å²) in [5, 5.41) is 0. The Morgan fingerprint density at radius 2 is 1.70 bits per heavy atom. The lowest BCUT2D eigenvalue weighted by Gasteiger charge is -2.24. The second kappa shape index (κ2) is 10.9. The Hall–Kier alpha value is -4.51. The third-order valence-electron chi connectivity index (χ3n) is 6.67. The van der Waals surface area contributed by atoms with Gasteiger partial charge in [-0.2, -0.15) is 0 Å². The third-order valence-corrected chi connectivity index (χ3v) is 7.72. The van der Waals surface area contributed by atoms with E-state index in [0.717, 1.165) is 11.3 Å². The lowest BCUT2D eigenvalue weighted by Crippen LogP contribution is -2.41. The zero-order valence-corrected chi connectivity index (χ0v) is 23.2. The first-order valence-corrected chi connectivity index (χ1v) is 13.5. The summed E-state index contributed by atoms with van der Waals surface area (Å²) in [6.07, 6.45) is 0.